The van der Waals surface area contributed by atoms with Crippen LogP contribution in [-0.2, 0) is 4.79 Å². The van der Waals surface area contributed by atoms with E-state index in [1.54, 1.807) is 6.92 Å². The van der Waals surface area contributed by atoms with Crippen molar-refractivity contribution >= 4 is 11.9 Å². The monoisotopic (exact) mass is 223 g/mol. The Bertz CT molecular complexity index is 414. The third-order valence-electron chi connectivity index (χ3n) is 1.80. The number of phenolic OH excluding ortho intramolecular Hbond substituents is 1. The highest BCUT2D eigenvalue weighted by molar-refractivity contribution is 5.97. The largest absolute Gasteiger partial charge is 0.508 e. The molecule has 5 heteroatoms. The zero-order valence-corrected chi connectivity index (χ0v) is 9.11. The summed E-state index contributed by atoms with van der Waals surface area (Å²) in [6.45, 7) is 3.48. The highest BCUT2D eigenvalue weighted by atomic mass is 16.5. The van der Waals surface area contributed by atoms with Gasteiger partial charge in [0.2, 0.25) is 0 Å². The van der Waals surface area contributed by atoms with E-state index in [0.717, 1.165) is 0 Å². The molecule has 0 bridgehead atoms. The molecule has 1 aromatic rings. The first-order valence-corrected chi connectivity index (χ1v) is 4.84. The van der Waals surface area contributed by atoms with Gasteiger partial charge in [-0.2, -0.15) is 0 Å². The molecule has 0 aliphatic heterocycles. The normalized spacial score (nSPS) is 9.62. The number of carbonyl (C=O) groups excluding carboxylic acids is 2. The number of rotatable bonds is 3. The second kappa shape index (κ2) is 5.16. The topological polar surface area (TPSA) is 75.6 Å². The minimum Gasteiger partial charge on any atom is -0.508 e. The standard InChI is InChI=1S/C11H13NO4/c1-3-12-11(15)9-5-4-8(14)6-10(9)16-7(2)13/h4-6,14H,3H2,1-2H3,(H,12,15). The van der Waals surface area contributed by atoms with E-state index in [0.29, 0.717) is 6.54 Å². The third-order valence-corrected chi connectivity index (χ3v) is 1.80. The van der Waals surface area contributed by atoms with E-state index in [4.69, 9.17) is 4.74 Å². The molecular weight excluding hydrogens is 210 g/mol. The maximum absolute atomic E-state index is 11.6. The van der Waals surface area contributed by atoms with E-state index in [1.165, 1.54) is 25.1 Å². The van der Waals surface area contributed by atoms with Crippen molar-refractivity contribution in [3.05, 3.63) is 23.8 Å². The number of benzene rings is 1. The molecule has 0 heterocycles. The number of esters is 1. The molecule has 5 nitrogen and oxygen atoms in total. The second-order valence-corrected chi connectivity index (χ2v) is 3.13. The van der Waals surface area contributed by atoms with Crippen LogP contribution in [0.25, 0.3) is 0 Å². The summed E-state index contributed by atoms with van der Waals surface area (Å²) in [4.78, 5) is 22.4. The number of carbonyl (C=O) groups is 2. The van der Waals surface area contributed by atoms with Gasteiger partial charge < -0.3 is 15.2 Å². The first-order valence-electron chi connectivity index (χ1n) is 4.84. The van der Waals surface area contributed by atoms with Crippen molar-refractivity contribution in [2.24, 2.45) is 0 Å². The second-order valence-electron chi connectivity index (χ2n) is 3.13. The third kappa shape index (κ3) is 2.98. The fraction of sp³-hybridized carbons (Fsp3) is 0.273. The van der Waals surface area contributed by atoms with E-state index in [-0.39, 0.29) is 23.0 Å². The number of phenols is 1. The Labute approximate surface area is 93.0 Å². The van der Waals surface area contributed by atoms with Crippen LogP contribution in [0.1, 0.15) is 24.2 Å². The molecule has 0 radical (unpaired) electrons. The maximum Gasteiger partial charge on any atom is 0.308 e. The van der Waals surface area contributed by atoms with E-state index >= 15 is 0 Å². The molecule has 0 fully saturated rings. The molecule has 86 valence electrons. The minimum absolute atomic E-state index is 0.0541. The van der Waals surface area contributed by atoms with Gasteiger partial charge in [0.1, 0.15) is 11.5 Å². The van der Waals surface area contributed by atoms with Gasteiger partial charge in [-0.25, -0.2) is 0 Å². The van der Waals surface area contributed by atoms with E-state index in [9.17, 15) is 14.7 Å². The van der Waals surface area contributed by atoms with Gasteiger partial charge in [0.05, 0.1) is 5.56 Å². The molecule has 0 atom stereocenters. The molecule has 0 saturated carbocycles. The minimum atomic E-state index is -0.545. The predicted octanol–water partition coefficient (Wildman–Crippen LogP) is 1.07. The highest BCUT2D eigenvalue weighted by Gasteiger charge is 2.13. The number of ether oxygens (including phenoxy) is 1. The number of amides is 1. The van der Waals surface area contributed by atoms with E-state index in [2.05, 4.69) is 5.32 Å². The van der Waals surface area contributed by atoms with Crippen LogP contribution in [0.3, 0.4) is 0 Å². The maximum atomic E-state index is 11.6. The molecular formula is C11H13NO4. The van der Waals surface area contributed by atoms with Crippen LogP contribution in [0.15, 0.2) is 18.2 Å². The van der Waals surface area contributed by atoms with Crippen LogP contribution in [0.2, 0.25) is 0 Å². The van der Waals surface area contributed by atoms with Gasteiger partial charge in [0.15, 0.2) is 0 Å². The van der Waals surface area contributed by atoms with Gasteiger partial charge >= 0.3 is 5.97 Å². The average molecular weight is 223 g/mol. The van der Waals surface area contributed by atoms with Crippen molar-refractivity contribution in [2.75, 3.05) is 6.54 Å². The summed E-state index contributed by atoms with van der Waals surface area (Å²) in [6, 6.07) is 3.99. The number of hydrogen-bond acceptors (Lipinski definition) is 4. The molecule has 0 aliphatic carbocycles. The van der Waals surface area contributed by atoms with Crippen LogP contribution in [0.4, 0.5) is 0 Å². The molecule has 1 aromatic carbocycles. The van der Waals surface area contributed by atoms with Crippen LogP contribution in [0.5, 0.6) is 11.5 Å². The number of nitrogens with one attached hydrogen (secondary N) is 1. The Morgan fingerprint density at radius 1 is 1.44 bits per heavy atom. The summed E-state index contributed by atoms with van der Waals surface area (Å²) in [5.41, 5.74) is 0.217. The number of hydrogen-bond donors (Lipinski definition) is 2. The Kier molecular flexibility index (Phi) is 3.88. The smallest absolute Gasteiger partial charge is 0.308 e. The van der Waals surface area contributed by atoms with Crippen LogP contribution < -0.4 is 10.1 Å². The van der Waals surface area contributed by atoms with Crippen molar-refractivity contribution < 1.29 is 19.4 Å². The highest BCUT2D eigenvalue weighted by Crippen LogP contribution is 2.24. The predicted molar refractivity (Wildman–Crippen MR) is 57.4 cm³/mol. The average Bonchev–Trinajstić information content (AvgIpc) is 2.16. The van der Waals surface area contributed by atoms with Crippen molar-refractivity contribution in [1.82, 2.24) is 5.32 Å². The van der Waals surface area contributed by atoms with Crippen LogP contribution in [0, 0.1) is 0 Å². The van der Waals surface area contributed by atoms with Gasteiger partial charge in [0.25, 0.3) is 5.91 Å². The van der Waals surface area contributed by atoms with Gasteiger partial charge in [-0.1, -0.05) is 0 Å². The SMILES string of the molecule is CCNC(=O)c1ccc(O)cc1OC(C)=O. The Balaban J connectivity index is 3.06. The van der Waals surface area contributed by atoms with Gasteiger partial charge in [-0.05, 0) is 19.1 Å². The first-order chi connectivity index (χ1) is 7.54. The molecule has 0 unspecified atom stereocenters. The lowest BCUT2D eigenvalue weighted by molar-refractivity contribution is -0.131. The summed E-state index contributed by atoms with van der Waals surface area (Å²) in [7, 11) is 0. The molecule has 0 aliphatic rings. The van der Waals surface area contributed by atoms with Crippen LogP contribution >= 0.6 is 0 Å². The summed E-state index contributed by atoms with van der Waals surface area (Å²) >= 11 is 0. The lowest BCUT2D eigenvalue weighted by atomic mass is 10.2. The molecule has 16 heavy (non-hydrogen) atoms. The zero-order valence-electron chi connectivity index (χ0n) is 9.11. The number of aromatic hydroxyl groups is 1. The summed E-state index contributed by atoms with van der Waals surface area (Å²) in [5, 5.41) is 11.8. The molecule has 1 rings (SSSR count). The summed E-state index contributed by atoms with van der Waals surface area (Å²) in [5.74, 6) is -0.905. The lowest BCUT2D eigenvalue weighted by Gasteiger charge is -2.08. The van der Waals surface area contributed by atoms with Gasteiger partial charge in [0, 0.05) is 19.5 Å². The Hall–Kier alpha value is -2.04. The Morgan fingerprint density at radius 3 is 2.69 bits per heavy atom. The molecule has 0 aromatic heterocycles. The van der Waals surface area contributed by atoms with Crippen molar-refractivity contribution in [2.45, 2.75) is 13.8 Å². The Morgan fingerprint density at radius 2 is 2.12 bits per heavy atom. The molecule has 1 amide bonds. The van der Waals surface area contributed by atoms with E-state index < -0.39 is 5.97 Å². The lowest BCUT2D eigenvalue weighted by Crippen LogP contribution is -2.23. The first kappa shape index (κ1) is 12.0. The van der Waals surface area contributed by atoms with Crippen molar-refractivity contribution in [3.63, 3.8) is 0 Å². The zero-order chi connectivity index (χ0) is 12.1. The van der Waals surface area contributed by atoms with Gasteiger partial charge in [-0.15, -0.1) is 0 Å². The van der Waals surface area contributed by atoms with Crippen molar-refractivity contribution in [3.8, 4) is 11.5 Å². The van der Waals surface area contributed by atoms with Crippen LogP contribution in [-0.4, -0.2) is 23.5 Å². The fourth-order valence-corrected chi connectivity index (χ4v) is 1.19. The molecule has 0 spiro atoms. The molecule has 2 N–H and O–H groups in total. The summed E-state index contributed by atoms with van der Waals surface area (Å²) < 4.78 is 4.83. The fourth-order valence-electron chi connectivity index (χ4n) is 1.19. The van der Waals surface area contributed by atoms with Gasteiger partial charge in [-0.3, -0.25) is 9.59 Å². The van der Waals surface area contributed by atoms with E-state index in [1.807, 2.05) is 0 Å². The van der Waals surface area contributed by atoms with Crippen molar-refractivity contribution in [1.29, 1.82) is 0 Å². The molecule has 0 saturated heterocycles. The summed E-state index contributed by atoms with van der Waals surface area (Å²) in [6.07, 6.45) is 0. The quantitative estimate of drug-likeness (QED) is 0.593.